The van der Waals surface area contributed by atoms with Crippen LogP contribution in [-0.4, -0.2) is 47.8 Å². The fourth-order valence-corrected chi connectivity index (χ4v) is 5.05. The van der Waals surface area contributed by atoms with E-state index in [2.05, 4.69) is 32.9 Å². The van der Waals surface area contributed by atoms with Gasteiger partial charge in [0.25, 0.3) is 0 Å². The molecule has 0 radical (unpaired) electrons. The first-order chi connectivity index (χ1) is 21.1. The molecule has 5 unspecified atom stereocenters. The van der Waals surface area contributed by atoms with E-state index in [9.17, 15) is 19.2 Å². The summed E-state index contributed by atoms with van der Waals surface area (Å²) in [7, 11) is 0. The third-order valence-electron chi connectivity index (χ3n) is 10.8. The molecule has 268 valence electrons. The quantitative estimate of drug-likeness (QED) is 0.144. The Labute approximate surface area is 285 Å². The van der Waals surface area contributed by atoms with Gasteiger partial charge in [-0.25, -0.2) is 9.59 Å². The zero-order valence-corrected chi connectivity index (χ0v) is 32.4. The van der Waals surface area contributed by atoms with E-state index in [-0.39, 0.29) is 23.2 Å². The molecule has 47 heavy (non-hydrogen) atoms. The number of hydrogen-bond acceptors (Lipinski definition) is 8. The molecule has 0 fully saturated rings. The van der Waals surface area contributed by atoms with Gasteiger partial charge in [0.15, 0.2) is 6.10 Å². The molecule has 8 nitrogen and oxygen atoms in total. The maximum absolute atomic E-state index is 14.4. The van der Waals surface area contributed by atoms with Crippen LogP contribution < -0.4 is 0 Å². The van der Waals surface area contributed by atoms with Gasteiger partial charge in [-0.3, -0.25) is 9.59 Å². The fraction of sp³-hybridized carbons (Fsp3) is 0.744. The molecule has 0 heterocycles. The van der Waals surface area contributed by atoms with Crippen molar-refractivity contribution in [2.75, 3.05) is 0 Å². The second-order valence-corrected chi connectivity index (χ2v) is 17.2. The highest BCUT2D eigenvalue weighted by atomic mass is 16.6. The van der Waals surface area contributed by atoms with Gasteiger partial charge in [0.05, 0.1) is 5.41 Å². The first kappa shape index (κ1) is 42.1. The monoisotopic (exact) mass is 660 g/mol. The van der Waals surface area contributed by atoms with Crippen molar-refractivity contribution >= 4 is 23.9 Å². The van der Waals surface area contributed by atoms with E-state index in [4.69, 9.17) is 18.9 Å². The molecule has 0 aliphatic carbocycles. The van der Waals surface area contributed by atoms with Crippen LogP contribution in [0.4, 0.5) is 0 Å². The summed E-state index contributed by atoms with van der Waals surface area (Å²) in [6.07, 6.45) is -1.68. The Morgan fingerprint density at radius 1 is 0.660 bits per heavy atom. The van der Waals surface area contributed by atoms with Crippen molar-refractivity contribution in [1.82, 2.24) is 0 Å². The minimum absolute atomic E-state index is 0.0252. The molecule has 0 aromatic heterocycles. The van der Waals surface area contributed by atoms with Gasteiger partial charge in [-0.05, 0) is 70.3 Å². The number of ether oxygens (including phenoxy) is 4. The summed E-state index contributed by atoms with van der Waals surface area (Å²) in [5.74, 6) is -2.44. The molecule has 8 heteroatoms. The predicted octanol–water partition coefficient (Wildman–Crippen LogP) is 8.84. The number of carbonyl (C=O) groups excluding carboxylic acids is 4. The molecule has 0 aliphatic rings. The van der Waals surface area contributed by atoms with Gasteiger partial charge in [-0.2, -0.15) is 0 Å². The van der Waals surface area contributed by atoms with E-state index in [1.54, 1.807) is 34.6 Å². The summed E-state index contributed by atoms with van der Waals surface area (Å²) in [5, 5.41) is 0. The molecule has 0 saturated carbocycles. The van der Waals surface area contributed by atoms with Gasteiger partial charge in [0.2, 0.25) is 5.60 Å². The lowest BCUT2D eigenvalue weighted by atomic mass is 9.62. The van der Waals surface area contributed by atoms with Crippen LogP contribution in [0.1, 0.15) is 142 Å². The smallest absolute Gasteiger partial charge is 0.351 e. The van der Waals surface area contributed by atoms with Crippen LogP contribution in [-0.2, 0) is 38.1 Å². The second kappa shape index (κ2) is 15.1. The van der Waals surface area contributed by atoms with Crippen molar-refractivity contribution in [2.45, 2.75) is 160 Å². The van der Waals surface area contributed by atoms with E-state index in [1.165, 1.54) is 6.92 Å². The Balaban J connectivity index is 3.59. The molecule has 5 atom stereocenters. The van der Waals surface area contributed by atoms with Crippen LogP contribution in [0.3, 0.4) is 0 Å². The number of rotatable bonds is 14. The summed E-state index contributed by atoms with van der Waals surface area (Å²) in [5.41, 5.74) is -4.16. The number of hydrogen-bond donors (Lipinski definition) is 0. The maximum Gasteiger partial charge on any atom is 0.351 e. The third-order valence-corrected chi connectivity index (χ3v) is 10.8. The van der Waals surface area contributed by atoms with Gasteiger partial charge in [-0.15, -0.1) is 0 Å². The van der Waals surface area contributed by atoms with Gasteiger partial charge in [-0.1, -0.05) is 106 Å². The predicted molar refractivity (Wildman–Crippen MR) is 186 cm³/mol. The van der Waals surface area contributed by atoms with Crippen LogP contribution in [0.25, 0.3) is 0 Å². The minimum Gasteiger partial charge on any atom is -0.459 e. The molecule has 0 N–H and O–H groups in total. The topological polar surface area (TPSA) is 105 Å². The fourth-order valence-electron chi connectivity index (χ4n) is 5.05. The van der Waals surface area contributed by atoms with Crippen molar-refractivity contribution in [3.8, 4) is 0 Å². The first-order valence-electron chi connectivity index (χ1n) is 17.0. The average molecular weight is 661 g/mol. The van der Waals surface area contributed by atoms with Crippen molar-refractivity contribution in [1.29, 1.82) is 0 Å². The van der Waals surface area contributed by atoms with Crippen LogP contribution >= 0.6 is 0 Å². The molecule has 1 rings (SSSR count). The van der Waals surface area contributed by atoms with Crippen LogP contribution in [0.15, 0.2) is 30.3 Å². The Morgan fingerprint density at radius 2 is 1.17 bits per heavy atom. The van der Waals surface area contributed by atoms with Gasteiger partial charge < -0.3 is 18.9 Å². The summed E-state index contributed by atoms with van der Waals surface area (Å²) in [6, 6.07) is 10.2. The van der Waals surface area contributed by atoms with Crippen LogP contribution in [0, 0.1) is 27.1 Å². The van der Waals surface area contributed by atoms with Crippen molar-refractivity contribution in [3.05, 3.63) is 35.9 Å². The standard InChI is InChI=1S/C39H64O8/c1-18-30(40)44-25(2)31(41)45-27(4)37(13,14)38(15,16)32(42)47-39(17,33(43)46-26(3)34(5,6)7)36(11,12)24-29(35(8,9)10)28-22-20-19-21-23-28/h19-23,25-27,29H,18,24H2,1-17H3. The zero-order chi connectivity index (χ0) is 37.0. The summed E-state index contributed by atoms with van der Waals surface area (Å²) < 4.78 is 23.3. The zero-order valence-electron chi connectivity index (χ0n) is 32.4. The highest BCUT2D eigenvalue weighted by molar-refractivity contribution is 5.86. The normalized spacial score (nSPS) is 17.0. The number of carbonyl (C=O) groups is 4. The molecule has 0 amide bonds. The molecule has 1 aromatic carbocycles. The van der Waals surface area contributed by atoms with E-state index in [1.807, 2.05) is 73.6 Å². The minimum atomic E-state index is -1.68. The SMILES string of the molecule is CCC(=O)OC(C)C(=O)OC(C)C(C)(C)C(C)(C)C(=O)OC(C)(C(=O)OC(C)C(C)(C)C)C(C)(C)CC(c1ccccc1)C(C)(C)C. The molecule has 0 bridgehead atoms. The summed E-state index contributed by atoms with van der Waals surface area (Å²) >= 11 is 0. The lowest BCUT2D eigenvalue weighted by molar-refractivity contribution is -0.214. The summed E-state index contributed by atoms with van der Waals surface area (Å²) in [4.78, 5) is 53.2. The van der Waals surface area contributed by atoms with E-state index in [0.29, 0.717) is 6.42 Å². The maximum atomic E-state index is 14.4. The summed E-state index contributed by atoms with van der Waals surface area (Å²) in [6.45, 7) is 31.7. The number of benzene rings is 1. The van der Waals surface area contributed by atoms with Crippen molar-refractivity contribution < 1.29 is 38.1 Å². The van der Waals surface area contributed by atoms with Crippen molar-refractivity contribution in [3.63, 3.8) is 0 Å². The Morgan fingerprint density at radius 3 is 1.62 bits per heavy atom. The molecule has 0 spiro atoms. The molecule has 1 aromatic rings. The molecule has 0 saturated heterocycles. The van der Waals surface area contributed by atoms with Crippen LogP contribution in [0.5, 0.6) is 0 Å². The van der Waals surface area contributed by atoms with Gasteiger partial charge in [0.1, 0.15) is 12.2 Å². The van der Waals surface area contributed by atoms with E-state index < -0.39 is 64.0 Å². The second-order valence-electron chi connectivity index (χ2n) is 17.2. The Hall–Kier alpha value is -2.90. The van der Waals surface area contributed by atoms with E-state index >= 15 is 0 Å². The molecular weight excluding hydrogens is 596 g/mol. The lowest BCUT2D eigenvalue weighted by Gasteiger charge is -2.49. The average Bonchev–Trinajstić information content (AvgIpc) is 2.94. The Kier molecular flexibility index (Phi) is 13.5. The van der Waals surface area contributed by atoms with Gasteiger partial charge in [0, 0.05) is 17.3 Å². The Bertz CT molecular complexity index is 1230. The highest BCUT2D eigenvalue weighted by Crippen LogP contribution is 2.51. The van der Waals surface area contributed by atoms with Crippen LogP contribution in [0.2, 0.25) is 0 Å². The van der Waals surface area contributed by atoms with Crippen molar-refractivity contribution in [2.24, 2.45) is 27.1 Å². The number of esters is 4. The van der Waals surface area contributed by atoms with Gasteiger partial charge >= 0.3 is 23.9 Å². The first-order valence-corrected chi connectivity index (χ1v) is 17.0. The highest BCUT2D eigenvalue weighted by Gasteiger charge is 2.58. The van der Waals surface area contributed by atoms with E-state index in [0.717, 1.165) is 5.56 Å². The lowest BCUT2D eigenvalue weighted by Crippen LogP contribution is -2.58. The molecule has 0 aliphatic heterocycles. The largest absolute Gasteiger partial charge is 0.459 e. The third kappa shape index (κ3) is 10.1. The molecular formula is C39H64O8.